The lowest BCUT2D eigenvalue weighted by Gasteiger charge is -2.18. The quantitative estimate of drug-likeness (QED) is 0.839. The molecule has 1 aliphatic heterocycles. The molecule has 6 heteroatoms. The number of likely N-dealkylation sites (tertiary alicyclic amines) is 1. The second-order valence-corrected chi connectivity index (χ2v) is 5.02. The molecule has 0 aromatic heterocycles. The van der Waals surface area contributed by atoms with Crippen LogP contribution in [0, 0.1) is 5.92 Å². The van der Waals surface area contributed by atoms with Gasteiger partial charge in [-0.3, -0.25) is 9.59 Å². The number of benzene rings is 1. The zero-order valence-corrected chi connectivity index (χ0v) is 11.8. The molecule has 112 valence electrons. The van der Waals surface area contributed by atoms with Crippen LogP contribution in [-0.2, 0) is 14.4 Å². The average Bonchev–Trinajstić information content (AvgIpc) is 2.86. The third-order valence-corrected chi connectivity index (χ3v) is 3.63. The normalized spacial score (nSPS) is 19.4. The van der Waals surface area contributed by atoms with Crippen molar-refractivity contribution >= 4 is 17.8 Å². The first-order valence-electron chi connectivity index (χ1n) is 6.88. The predicted octanol–water partition coefficient (Wildman–Crippen LogP) is 0.797. The van der Waals surface area contributed by atoms with Crippen LogP contribution >= 0.6 is 0 Å². The number of hydrogen-bond donors (Lipinski definition) is 2. The molecule has 0 aliphatic carbocycles. The largest absolute Gasteiger partial charge is 0.479 e. The zero-order chi connectivity index (χ0) is 15.4. The van der Waals surface area contributed by atoms with Gasteiger partial charge in [-0.1, -0.05) is 30.3 Å². The van der Waals surface area contributed by atoms with E-state index < -0.39 is 23.8 Å². The molecule has 1 aliphatic rings. The Labute approximate surface area is 122 Å². The molecule has 1 unspecified atom stereocenters. The van der Waals surface area contributed by atoms with E-state index in [2.05, 4.69) is 5.32 Å². The van der Waals surface area contributed by atoms with Crippen LogP contribution in [0.15, 0.2) is 30.3 Å². The van der Waals surface area contributed by atoms with Crippen LogP contribution in [0.4, 0.5) is 0 Å². The van der Waals surface area contributed by atoms with Crippen molar-refractivity contribution in [1.29, 1.82) is 0 Å². The van der Waals surface area contributed by atoms with E-state index in [1.54, 1.807) is 35.2 Å². The third kappa shape index (κ3) is 3.39. The van der Waals surface area contributed by atoms with E-state index in [1.165, 1.54) is 0 Å². The van der Waals surface area contributed by atoms with Crippen molar-refractivity contribution in [3.63, 3.8) is 0 Å². The third-order valence-electron chi connectivity index (χ3n) is 3.63. The molecule has 1 heterocycles. The summed E-state index contributed by atoms with van der Waals surface area (Å²) in [6.45, 7) is 2.76. The molecular weight excluding hydrogens is 272 g/mol. The summed E-state index contributed by atoms with van der Waals surface area (Å²) >= 11 is 0. The molecular formula is C15H18N2O4. The van der Waals surface area contributed by atoms with E-state index in [0.717, 1.165) is 0 Å². The van der Waals surface area contributed by atoms with Gasteiger partial charge < -0.3 is 15.3 Å². The maximum atomic E-state index is 12.2. The summed E-state index contributed by atoms with van der Waals surface area (Å²) in [4.78, 5) is 36.8. The number of nitrogens with one attached hydrogen (secondary N) is 1. The predicted molar refractivity (Wildman–Crippen MR) is 75.3 cm³/mol. The van der Waals surface area contributed by atoms with Crippen molar-refractivity contribution in [3.8, 4) is 0 Å². The van der Waals surface area contributed by atoms with E-state index in [9.17, 15) is 19.5 Å². The molecule has 2 atom stereocenters. The Kier molecular flexibility index (Phi) is 4.57. The first kappa shape index (κ1) is 15.0. The number of carbonyl (C=O) groups excluding carboxylic acids is 2. The van der Waals surface area contributed by atoms with Crippen LogP contribution < -0.4 is 5.32 Å². The minimum atomic E-state index is -1.12. The van der Waals surface area contributed by atoms with E-state index >= 15 is 0 Å². The van der Waals surface area contributed by atoms with Crippen LogP contribution in [0.3, 0.4) is 0 Å². The monoisotopic (exact) mass is 290 g/mol. The highest BCUT2D eigenvalue weighted by molar-refractivity contribution is 5.91. The number of amides is 2. The molecule has 1 aromatic rings. The summed E-state index contributed by atoms with van der Waals surface area (Å²) in [6.07, 6.45) is 0.140. The van der Waals surface area contributed by atoms with Crippen molar-refractivity contribution in [2.24, 2.45) is 5.92 Å². The van der Waals surface area contributed by atoms with Gasteiger partial charge in [-0.25, -0.2) is 4.79 Å². The maximum Gasteiger partial charge on any atom is 0.330 e. The molecule has 6 nitrogen and oxygen atoms in total. The van der Waals surface area contributed by atoms with Gasteiger partial charge in [0, 0.05) is 19.5 Å². The molecule has 0 spiro atoms. The highest BCUT2D eigenvalue weighted by Gasteiger charge is 2.35. The van der Waals surface area contributed by atoms with Crippen LogP contribution in [0.25, 0.3) is 0 Å². The van der Waals surface area contributed by atoms with E-state index in [0.29, 0.717) is 18.7 Å². The molecule has 2 amide bonds. The van der Waals surface area contributed by atoms with Crippen LogP contribution in [-0.4, -0.2) is 40.9 Å². The summed E-state index contributed by atoms with van der Waals surface area (Å²) < 4.78 is 0. The molecule has 0 bridgehead atoms. The molecule has 1 aromatic carbocycles. The molecule has 1 saturated heterocycles. The lowest BCUT2D eigenvalue weighted by atomic mass is 10.0. The molecule has 2 N–H and O–H groups in total. The van der Waals surface area contributed by atoms with Crippen molar-refractivity contribution in [2.45, 2.75) is 19.4 Å². The fourth-order valence-corrected chi connectivity index (χ4v) is 2.45. The van der Waals surface area contributed by atoms with Gasteiger partial charge in [0.05, 0.1) is 5.92 Å². The number of nitrogens with zero attached hydrogens (tertiary/aromatic N) is 1. The first-order chi connectivity index (χ1) is 10.0. The van der Waals surface area contributed by atoms with Crippen molar-refractivity contribution in [2.75, 3.05) is 13.1 Å². The van der Waals surface area contributed by atoms with Gasteiger partial charge >= 0.3 is 5.97 Å². The van der Waals surface area contributed by atoms with Crippen molar-refractivity contribution < 1.29 is 19.5 Å². The van der Waals surface area contributed by atoms with Gasteiger partial charge in [0.1, 0.15) is 0 Å². The van der Waals surface area contributed by atoms with Gasteiger partial charge in [0.25, 0.3) is 0 Å². The van der Waals surface area contributed by atoms with Gasteiger partial charge in [-0.05, 0) is 12.5 Å². The van der Waals surface area contributed by atoms with E-state index in [-0.39, 0.29) is 12.3 Å². The highest BCUT2D eigenvalue weighted by Crippen LogP contribution is 2.20. The molecule has 2 rings (SSSR count). The molecule has 0 radical (unpaired) electrons. The summed E-state index contributed by atoms with van der Waals surface area (Å²) in [5.74, 6) is -2.06. The van der Waals surface area contributed by atoms with Crippen LogP contribution in [0.2, 0.25) is 0 Å². The van der Waals surface area contributed by atoms with Crippen molar-refractivity contribution in [3.05, 3.63) is 35.9 Å². The number of carboxylic acids is 1. The minimum Gasteiger partial charge on any atom is -0.479 e. The lowest BCUT2D eigenvalue weighted by Crippen LogP contribution is -2.38. The zero-order valence-electron chi connectivity index (χ0n) is 11.8. The second kappa shape index (κ2) is 6.39. The number of hydrogen-bond acceptors (Lipinski definition) is 3. The van der Waals surface area contributed by atoms with Gasteiger partial charge in [-0.2, -0.15) is 0 Å². The fraction of sp³-hybridized carbons (Fsp3) is 0.400. The lowest BCUT2D eigenvalue weighted by molar-refractivity contribution is -0.142. The maximum absolute atomic E-state index is 12.2. The Morgan fingerprint density at radius 3 is 2.57 bits per heavy atom. The van der Waals surface area contributed by atoms with Crippen LogP contribution in [0.5, 0.6) is 0 Å². The fourth-order valence-electron chi connectivity index (χ4n) is 2.45. The number of carboxylic acid groups (broad SMARTS) is 1. The second-order valence-electron chi connectivity index (χ2n) is 5.02. The first-order valence-corrected chi connectivity index (χ1v) is 6.88. The molecule has 21 heavy (non-hydrogen) atoms. The molecule has 0 saturated carbocycles. The van der Waals surface area contributed by atoms with Gasteiger partial charge in [0.2, 0.25) is 11.8 Å². The van der Waals surface area contributed by atoms with Crippen LogP contribution in [0.1, 0.15) is 24.9 Å². The summed E-state index contributed by atoms with van der Waals surface area (Å²) in [6, 6.07) is 7.42. The number of carbonyl (C=O) groups is 3. The Morgan fingerprint density at radius 1 is 1.38 bits per heavy atom. The topological polar surface area (TPSA) is 86.7 Å². The van der Waals surface area contributed by atoms with Crippen molar-refractivity contribution in [1.82, 2.24) is 10.2 Å². The molecule has 1 fully saturated rings. The average molecular weight is 290 g/mol. The van der Waals surface area contributed by atoms with E-state index in [1.807, 2.05) is 6.92 Å². The SMILES string of the molecule is CCN1CC(C(=O)N[C@@H](C(=O)O)c2ccccc2)CC1=O. The van der Waals surface area contributed by atoms with Gasteiger partial charge in [0.15, 0.2) is 6.04 Å². The Morgan fingerprint density at radius 2 is 2.05 bits per heavy atom. The smallest absolute Gasteiger partial charge is 0.330 e. The minimum absolute atomic E-state index is 0.0655. The summed E-state index contributed by atoms with van der Waals surface area (Å²) in [5, 5.41) is 11.8. The Bertz CT molecular complexity index is 544. The standard InChI is InChI=1S/C15H18N2O4/c1-2-17-9-11(8-12(17)18)14(19)16-13(15(20)21)10-6-4-3-5-7-10/h3-7,11,13H,2,8-9H2,1H3,(H,16,19)(H,20,21)/t11?,13-/m1/s1. The van der Waals surface area contributed by atoms with E-state index in [4.69, 9.17) is 0 Å². The number of aliphatic carboxylic acids is 1. The Balaban J connectivity index is 2.06. The summed E-state index contributed by atoms with van der Waals surface area (Å²) in [7, 11) is 0. The van der Waals surface area contributed by atoms with Gasteiger partial charge in [-0.15, -0.1) is 0 Å². The number of rotatable bonds is 5. The highest BCUT2D eigenvalue weighted by atomic mass is 16.4. The summed E-state index contributed by atoms with van der Waals surface area (Å²) in [5.41, 5.74) is 0.509. The Hall–Kier alpha value is -2.37.